The molecule has 0 aliphatic heterocycles. The van der Waals surface area contributed by atoms with Crippen molar-refractivity contribution in [2.24, 2.45) is 0 Å². The van der Waals surface area contributed by atoms with Crippen molar-refractivity contribution in [2.75, 3.05) is 11.9 Å². The zero-order chi connectivity index (χ0) is 12.8. The van der Waals surface area contributed by atoms with E-state index < -0.39 is 0 Å². The van der Waals surface area contributed by atoms with Crippen molar-refractivity contribution in [3.63, 3.8) is 0 Å². The Hall–Kier alpha value is -2.06. The second kappa shape index (κ2) is 6.03. The Balaban J connectivity index is 2.03. The first-order valence-electron chi connectivity index (χ1n) is 5.62. The summed E-state index contributed by atoms with van der Waals surface area (Å²) in [7, 11) is 0. The topological polar surface area (TPSA) is 57.9 Å². The Bertz CT molecular complexity index is 559. The molecular formula is C13H13N3OS. The molecule has 0 aliphatic rings. The van der Waals surface area contributed by atoms with Gasteiger partial charge in [0.15, 0.2) is 0 Å². The number of nitrogens with zero attached hydrogens (tertiary/aromatic N) is 2. The monoisotopic (exact) mass is 259 g/mol. The van der Waals surface area contributed by atoms with E-state index in [1.165, 1.54) is 0 Å². The number of anilines is 1. The van der Waals surface area contributed by atoms with Crippen LogP contribution in [0.3, 0.4) is 0 Å². The lowest BCUT2D eigenvalue weighted by Gasteiger charge is -2.09. The number of thiophene rings is 1. The van der Waals surface area contributed by atoms with Crippen molar-refractivity contribution >= 4 is 17.0 Å². The number of pyridine rings is 1. The molecule has 5 heteroatoms. The Morgan fingerprint density at radius 3 is 3.17 bits per heavy atom. The molecule has 0 saturated heterocycles. The van der Waals surface area contributed by atoms with Crippen LogP contribution in [-0.4, -0.2) is 11.6 Å². The minimum atomic E-state index is 0.587. The third-order valence-corrected chi connectivity index (χ3v) is 3.22. The van der Waals surface area contributed by atoms with E-state index >= 15 is 0 Å². The number of hydrogen-bond donors (Lipinski definition) is 1. The molecule has 0 spiro atoms. The van der Waals surface area contributed by atoms with Crippen LogP contribution in [0.25, 0.3) is 0 Å². The molecule has 0 saturated carbocycles. The average Bonchev–Trinajstić information content (AvgIpc) is 2.86. The van der Waals surface area contributed by atoms with Gasteiger partial charge in [-0.15, -0.1) is 11.3 Å². The van der Waals surface area contributed by atoms with Gasteiger partial charge in [-0.2, -0.15) is 5.26 Å². The summed E-state index contributed by atoms with van der Waals surface area (Å²) in [5.74, 6) is 0.608. The van der Waals surface area contributed by atoms with E-state index in [1.54, 1.807) is 17.5 Å². The maximum Gasteiger partial charge on any atom is 0.237 e. The summed E-state index contributed by atoms with van der Waals surface area (Å²) >= 11 is 1.57. The molecule has 0 aliphatic carbocycles. The van der Waals surface area contributed by atoms with Crippen LogP contribution in [-0.2, 0) is 6.54 Å². The lowest BCUT2D eigenvalue weighted by molar-refractivity contribution is 0.328. The van der Waals surface area contributed by atoms with Crippen LogP contribution in [0.2, 0.25) is 0 Å². The number of hydrogen-bond acceptors (Lipinski definition) is 5. The van der Waals surface area contributed by atoms with E-state index in [0.717, 1.165) is 10.6 Å². The second-order valence-electron chi connectivity index (χ2n) is 3.56. The summed E-state index contributed by atoms with van der Waals surface area (Å²) < 4.78 is 5.43. The number of nitriles is 1. The van der Waals surface area contributed by atoms with Gasteiger partial charge in [-0.25, -0.2) is 4.98 Å². The maximum absolute atomic E-state index is 8.76. The Morgan fingerprint density at radius 1 is 1.56 bits per heavy atom. The van der Waals surface area contributed by atoms with Crippen LogP contribution in [0, 0.1) is 11.3 Å². The molecule has 18 heavy (non-hydrogen) atoms. The second-order valence-corrected chi connectivity index (χ2v) is 4.55. The Morgan fingerprint density at radius 2 is 2.44 bits per heavy atom. The minimum absolute atomic E-state index is 0.587. The molecule has 0 radical (unpaired) electrons. The first-order chi connectivity index (χ1) is 8.83. The van der Waals surface area contributed by atoms with Gasteiger partial charge in [-0.05, 0) is 25.1 Å². The highest BCUT2D eigenvalue weighted by molar-refractivity contribution is 7.10. The van der Waals surface area contributed by atoms with Crippen molar-refractivity contribution in [2.45, 2.75) is 13.5 Å². The first-order valence-corrected chi connectivity index (χ1v) is 6.50. The fourth-order valence-corrected chi connectivity index (χ4v) is 2.24. The number of aromatic nitrogens is 1. The van der Waals surface area contributed by atoms with Crippen LogP contribution in [0.5, 0.6) is 5.88 Å². The van der Waals surface area contributed by atoms with E-state index in [1.807, 2.05) is 30.5 Å². The van der Waals surface area contributed by atoms with Crippen LogP contribution < -0.4 is 10.1 Å². The van der Waals surface area contributed by atoms with E-state index in [9.17, 15) is 0 Å². The molecule has 2 aromatic heterocycles. The van der Waals surface area contributed by atoms with Crippen LogP contribution in [0.15, 0.2) is 29.8 Å². The van der Waals surface area contributed by atoms with Crippen LogP contribution in [0.4, 0.5) is 5.69 Å². The average molecular weight is 259 g/mol. The molecule has 0 amide bonds. The Labute approximate surface area is 110 Å². The predicted octanol–water partition coefficient (Wildman–Crippen LogP) is 3.03. The number of nitrogens with one attached hydrogen (secondary N) is 1. The predicted molar refractivity (Wildman–Crippen MR) is 71.8 cm³/mol. The first kappa shape index (κ1) is 12.4. The fraction of sp³-hybridized carbons (Fsp3) is 0.231. The van der Waals surface area contributed by atoms with Crippen molar-refractivity contribution in [3.8, 4) is 11.9 Å². The summed E-state index contributed by atoms with van der Waals surface area (Å²) in [5.41, 5.74) is 1.57. The quantitative estimate of drug-likeness (QED) is 0.896. The van der Waals surface area contributed by atoms with Gasteiger partial charge in [0.2, 0.25) is 5.88 Å². The summed E-state index contributed by atoms with van der Waals surface area (Å²) in [5, 5.41) is 13.9. The lowest BCUT2D eigenvalue weighted by Crippen LogP contribution is -2.02. The zero-order valence-electron chi connectivity index (χ0n) is 10.0. The van der Waals surface area contributed by atoms with Gasteiger partial charge in [0.1, 0.15) is 6.07 Å². The van der Waals surface area contributed by atoms with Crippen molar-refractivity contribution < 1.29 is 4.74 Å². The number of ether oxygens (including phenoxy) is 1. The summed E-state index contributed by atoms with van der Waals surface area (Å²) in [6.07, 6.45) is 1.70. The molecule has 2 aromatic rings. The molecular weight excluding hydrogens is 246 g/mol. The van der Waals surface area contributed by atoms with Gasteiger partial charge in [0.25, 0.3) is 0 Å². The maximum atomic E-state index is 8.76. The molecule has 0 fully saturated rings. The minimum Gasteiger partial charge on any atom is -0.476 e. The van der Waals surface area contributed by atoms with Crippen LogP contribution >= 0.6 is 11.3 Å². The van der Waals surface area contributed by atoms with Gasteiger partial charge in [0.05, 0.1) is 17.9 Å². The third kappa shape index (κ3) is 2.99. The van der Waals surface area contributed by atoms with Gasteiger partial charge in [0, 0.05) is 23.0 Å². The molecule has 0 aromatic carbocycles. The molecule has 2 heterocycles. The Kier molecular flexibility index (Phi) is 4.15. The normalized spacial score (nSPS) is 9.78. The molecule has 92 valence electrons. The van der Waals surface area contributed by atoms with E-state index in [-0.39, 0.29) is 0 Å². The largest absolute Gasteiger partial charge is 0.476 e. The SMILES string of the molecule is CCOc1ncccc1NCc1cc(C#N)cs1. The molecule has 0 atom stereocenters. The molecule has 0 unspecified atom stereocenters. The van der Waals surface area contributed by atoms with Gasteiger partial charge in [-0.1, -0.05) is 0 Å². The zero-order valence-corrected chi connectivity index (χ0v) is 10.8. The molecule has 4 nitrogen and oxygen atoms in total. The molecule has 2 rings (SSSR count). The van der Waals surface area contributed by atoms with Crippen molar-refractivity contribution in [1.82, 2.24) is 4.98 Å². The summed E-state index contributed by atoms with van der Waals surface area (Å²) in [6, 6.07) is 7.79. The smallest absolute Gasteiger partial charge is 0.237 e. The van der Waals surface area contributed by atoms with E-state index in [4.69, 9.17) is 10.00 Å². The molecule has 1 N–H and O–H groups in total. The standard InChI is InChI=1S/C13H13N3OS/c1-2-17-13-12(4-3-5-15-13)16-8-11-6-10(7-14)9-18-11/h3-6,9,16H,2,8H2,1H3. The van der Waals surface area contributed by atoms with Gasteiger partial charge < -0.3 is 10.1 Å². The van der Waals surface area contributed by atoms with Crippen LogP contribution in [0.1, 0.15) is 17.4 Å². The van der Waals surface area contributed by atoms with Crippen molar-refractivity contribution in [3.05, 3.63) is 40.2 Å². The van der Waals surface area contributed by atoms with Gasteiger partial charge in [-0.3, -0.25) is 0 Å². The third-order valence-electron chi connectivity index (χ3n) is 2.29. The van der Waals surface area contributed by atoms with Crippen molar-refractivity contribution in [1.29, 1.82) is 5.26 Å². The van der Waals surface area contributed by atoms with E-state index in [0.29, 0.717) is 24.6 Å². The summed E-state index contributed by atoms with van der Waals surface area (Å²) in [4.78, 5) is 5.28. The highest BCUT2D eigenvalue weighted by Crippen LogP contribution is 2.22. The molecule has 0 bridgehead atoms. The highest BCUT2D eigenvalue weighted by Gasteiger charge is 2.04. The highest BCUT2D eigenvalue weighted by atomic mass is 32.1. The lowest BCUT2D eigenvalue weighted by atomic mass is 10.3. The summed E-state index contributed by atoms with van der Waals surface area (Å²) in [6.45, 7) is 3.18. The van der Waals surface area contributed by atoms with E-state index in [2.05, 4.69) is 16.4 Å². The number of rotatable bonds is 5. The fourth-order valence-electron chi connectivity index (χ4n) is 1.49. The van der Waals surface area contributed by atoms with Gasteiger partial charge >= 0.3 is 0 Å².